The van der Waals surface area contributed by atoms with E-state index in [1.807, 2.05) is 45.3 Å². The number of fused-ring (bicyclic) bond motifs is 9. The molecule has 3 amide bonds. The highest BCUT2D eigenvalue weighted by Gasteiger charge is 2.53. The fourth-order valence-corrected chi connectivity index (χ4v) is 15.7. The predicted molar refractivity (Wildman–Crippen MR) is 321 cm³/mol. The van der Waals surface area contributed by atoms with Crippen LogP contribution in [-0.4, -0.2) is 77.7 Å². The molecule has 2 unspecified atom stereocenters. The van der Waals surface area contributed by atoms with Gasteiger partial charge in [-0.2, -0.15) is 0 Å². The molecule has 3 heterocycles. The Balaban J connectivity index is 0.776. The third-order valence-electron chi connectivity index (χ3n) is 19.9. The predicted octanol–water partition coefficient (Wildman–Crippen LogP) is 12.7. The highest BCUT2D eigenvalue weighted by atomic mass is 16.6. The largest absolute Gasteiger partial charge is 0.444 e. The van der Waals surface area contributed by atoms with Crippen LogP contribution in [0.3, 0.4) is 0 Å². The van der Waals surface area contributed by atoms with Crippen LogP contribution in [0.4, 0.5) is 4.79 Å². The molecule has 0 spiro atoms. The Morgan fingerprint density at radius 2 is 1.07 bits per heavy atom. The van der Waals surface area contributed by atoms with Gasteiger partial charge in [0.05, 0.1) is 12.4 Å². The van der Waals surface area contributed by atoms with Gasteiger partial charge in [0.2, 0.25) is 11.8 Å². The Hall–Kier alpha value is -6.83. The number of nitrogens with one attached hydrogen (secondary N) is 3. The van der Waals surface area contributed by atoms with E-state index in [1.165, 1.54) is 46.2 Å². The van der Waals surface area contributed by atoms with Gasteiger partial charge in [-0.25, -0.2) is 14.2 Å². The number of rotatable bonds is 15. The van der Waals surface area contributed by atoms with Crippen molar-refractivity contribution in [3.05, 3.63) is 119 Å². The van der Waals surface area contributed by atoms with Crippen LogP contribution in [0.15, 0.2) is 85.2 Å². The van der Waals surface area contributed by atoms with Crippen molar-refractivity contribution in [2.24, 2.45) is 22.7 Å². The molecule has 4 aliphatic carbocycles. The zero-order chi connectivity index (χ0) is 57.2. The first-order chi connectivity index (χ1) is 38.5. The molecule has 14 heteroatoms. The molecule has 11 rings (SSSR count). The molecular weight excluding hydrogens is 1010 g/mol. The summed E-state index contributed by atoms with van der Waals surface area (Å²) < 4.78 is 11.0. The van der Waals surface area contributed by atoms with Gasteiger partial charge >= 0.3 is 6.09 Å². The Labute approximate surface area is 478 Å². The lowest BCUT2D eigenvalue weighted by Gasteiger charge is -2.55. The Kier molecular flexibility index (Phi) is 14.9. The van der Waals surface area contributed by atoms with Crippen molar-refractivity contribution in [3.63, 3.8) is 0 Å². The molecule has 6 atom stereocenters. The van der Waals surface area contributed by atoms with E-state index in [0.29, 0.717) is 61.2 Å². The minimum Gasteiger partial charge on any atom is -0.444 e. The van der Waals surface area contributed by atoms with Gasteiger partial charge in [0.25, 0.3) is 0 Å². The summed E-state index contributed by atoms with van der Waals surface area (Å²) in [5.41, 5.74) is 13.3. The topological polar surface area (TPSA) is 163 Å². The van der Waals surface area contributed by atoms with Crippen molar-refractivity contribution in [1.82, 2.24) is 50.5 Å². The van der Waals surface area contributed by atoms with Crippen molar-refractivity contribution in [1.29, 1.82) is 0 Å². The molecule has 0 saturated heterocycles. The number of hydrogen-bond donors (Lipinski definition) is 3. The average Bonchev–Trinajstić information content (AvgIpc) is 3.99. The minimum absolute atomic E-state index is 0.0168. The third kappa shape index (κ3) is 10.9. The van der Waals surface area contributed by atoms with Crippen LogP contribution in [0.2, 0.25) is 0 Å². The zero-order valence-electron chi connectivity index (χ0n) is 50.0. The SMILES string of the molecule is CC(C)c1ccc2c(c1)CC[C@@H]1C2(C)CCC[C@@]1(C)CNC(=O)Cn1cc(-c2ccc3c4ccc(-c5cn(CC(=O)NC[C@]6(C)CCC[C@]7(C)c8ccc(C(C)C)cc8CCC67)nn5)cc4n(CCNC(=O)OC(C)(C)C)c3c2)nn1. The summed E-state index contributed by atoms with van der Waals surface area (Å²) in [5.74, 6) is 1.83. The number of hydrogen-bond acceptors (Lipinski definition) is 8. The molecule has 7 aromatic rings. The molecular formula is C67H86N10O4. The first kappa shape index (κ1) is 56.1. The summed E-state index contributed by atoms with van der Waals surface area (Å²) in [6.45, 7) is 26.5. The van der Waals surface area contributed by atoms with Gasteiger partial charge in [0, 0.05) is 59.1 Å². The van der Waals surface area contributed by atoms with Crippen LogP contribution < -0.4 is 16.0 Å². The summed E-state index contributed by atoms with van der Waals surface area (Å²) in [5, 5.41) is 29.7. The first-order valence-electron chi connectivity index (χ1n) is 30.2. The summed E-state index contributed by atoms with van der Waals surface area (Å²) in [4.78, 5) is 40.3. The van der Waals surface area contributed by atoms with Gasteiger partial charge < -0.3 is 25.3 Å². The molecule has 14 nitrogen and oxygen atoms in total. The fourth-order valence-electron chi connectivity index (χ4n) is 15.7. The van der Waals surface area contributed by atoms with E-state index in [-0.39, 0.29) is 46.6 Å². The summed E-state index contributed by atoms with van der Waals surface area (Å²) in [6, 6.07) is 26.9. The minimum atomic E-state index is -0.635. The molecule has 0 aliphatic heterocycles. The second kappa shape index (κ2) is 21.5. The summed E-state index contributed by atoms with van der Waals surface area (Å²) >= 11 is 0. The maximum atomic E-state index is 13.7. The molecule has 0 bridgehead atoms. The summed E-state index contributed by atoms with van der Waals surface area (Å²) in [6.07, 6.45) is 14.5. The number of nitrogens with zero attached hydrogens (tertiary/aromatic N) is 7. The van der Waals surface area contributed by atoms with Gasteiger partial charge in [-0.15, -0.1) is 10.2 Å². The number of ether oxygens (including phenoxy) is 1. The number of carbonyl (C=O) groups excluding carboxylic acids is 3. The van der Waals surface area contributed by atoms with E-state index in [0.717, 1.165) is 84.3 Å². The van der Waals surface area contributed by atoms with Gasteiger partial charge in [0.15, 0.2) is 0 Å². The second-order valence-electron chi connectivity index (χ2n) is 27.4. The molecule has 2 fully saturated rings. The molecule has 4 aliphatic rings. The average molecular weight is 1100 g/mol. The maximum absolute atomic E-state index is 13.7. The lowest BCUT2D eigenvalue weighted by atomic mass is 9.49. The van der Waals surface area contributed by atoms with Gasteiger partial charge in [-0.1, -0.05) is 139 Å². The zero-order valence-corrected chi connectivity index (χ0v) is 50.0. The smallest absolute Gasteiger partial charge is 0.407 e. The normalized spacial score (nSPS) is 24.4. The number of aromatic nitrogens is 7. The highest BCUT2D eigenvalue weighted by Crippen LogP contribution is 2.59. The maximum Gasteiger partial charge on any atom is 0.407 e. The van der Waals surface area contributed by atoms with Crippen LogP contribution in [0.25, 0.3) is 44.3 Å². The van der Waals surface area contributed by atoms with Gasteiger partial charge in [-0.05, 0) is 163 Å². The molecule has 2 saturated carbocycles. The number of aryl methyl sites for hydroxylation is 2. The van der Waals surface area contributed by atoms with Crippen molar-refractivity contribution in [2.45, 2.75) is 188 Å². The first-order valence-corrected chi connectivity index (χ1v) is 30.2. The molecule has 3 N–H and O–H groups in total. The Morgan fingerprint density at radius 3 is 1.51 bits per heavy atom. The van der Waals surface area contributed by atoms with Crippen molar-refractivity contribution < 1.29 is 19.1 Å². The number of benzene rings is 4. The lowest BCUT2D eigenvalue weighted by Crippen LogP contribution is -2.53. The van der Waals surface area contributed by atoms with Crippen LogP contribution in [0, 0.1) is 22.7 Å². The molecule has 81 heavy (non-hydrogen) atoms. The molecule has 4 aromatic carbocycles. The van der Waals surface area contributed by atoms with E-state index in [4.69, 9.17) is 4.74 Å². The molecule has 0 radical (unpaired) electrons. The number of amides is 3. The van der Waals surface area contributed by atoms with Crippen molar-refractivity contribution in [2.75, 3.05) is 19.6 Å². The van der Waals surface area contributed by atoms with E-state index >= 15 is 0 Å². The lowest BCUT2D eigenvalue weighted by molar-refractivity contribution is -0.123. The van der Waals surface area contributed by atoms with Gasteiger partial charge in [0.1, 0.15) is 30.1 Å². The second-order valence-corrected chi connectivity index (χ2v) is 27.4. The standard InChI is InChI=1S/C67H86N10O4/c1-42(2)44-16-22-52-46(32-44)18-24-58-64(8,26-12-28-66(52,58)10)40-69-60(78)38-75-36-54(71-73-75)48-14-20-50-51-21-15-49(35-57(51)77(56(50)34-48)31-30-68-62(80)81-63(5,6)7)55-37-76(74-72-55)39-61(79)70-41-65(9)27-13-29-67(11)53-23-17-45(43(3)4)33-47(53)19-25-59(65)67/h14-17,20-23,32-37,42-43,58-59H,12-13,18-19,24-31,38-41H2,1-11H3,(H,68,80)(H,69,78)(H,70,79)/t58-,59?,64-,65-,66?,67+/m0/s1. The van der Waals surface area contributed by atoms with Gasteiger partial charge in [-0.3, -0.25) is 9.59 Å². The highest BCUT2D eigenvalue weighted by molar-refractivity contribution is 6.10. The number of alkyl carbamates (subject to hydrolysis) is 1. The van der Waals surface area contributed by atoms with E-state index in [1.54, 1.807) is 9.36 Å². The van der Waals surface area contributed by atoms with Crippen LogP contribution in [-0.2, 0) is 57.6 Å². The van der Waals surface area contributed by atoms with E-state index in [2.05, 4.69) is 157 Å². The quantitative estimate of drug-likeness (QED) is 0.0914. The summed E-state index contributed by atoms with van der Waals surface area (Å²) in [7, 11) is 0. The number of carbonyl (C=O) groups is 3. The van der Waals surface area contributed by atoms with E-state index < -0.39 is 11.7 Å². The van der Waals surface area contributed by atoms with E-state index in [9.17, 15) is 14.4 Å². The van der Waals surface area contributed by atoms with Crippen LogP contribution in [0.5, 0.6) is 0 Å². The van der Waals surface area contributed by atoms with Crippen LogP contribution in [0.1, 0.15) is 173 Å². The Morgan fingerprint density at radius 1 is 0.617 bits per heavy atom. The molecule has 428 valence electrons. The third-order valence-corrected chi connectivity index (χ3v) is 19.9. The van der Waals surface area contributed by atoms with Crippen molar-refractivity contribution >= 4 is 39.7 Å². The van der Waals surface area contributed by atoms with Crippen molar-refractivity contribution in [3.8, 4) is 22.5 Å². The monoisotopic (exact) mass is 1090 g/mol. The fraction of sp³-hybridized carbons (Fsp3) is 0.537. The van der Waals surface area contributed by atoms with Crippen LogP contribution >= 0.6 is 0 Å². The molecule has 3 aromatic heterocycles. The Bertz CT molecular complexity index is 3310.